The van der Waals surface area contributed by atoms with E-state index in [1.54, 1.807) is 5.32 Å². The molecule has 1 saturated heterocycles. The molecule has 110 valence electrons. The summed E-state index contributed by atoms with van der Waals surface area (Å²) in [7, 11) is 0. The number of nitrogens with zero attached hydrogens (tertiary/aromatic N) is 2. The van der Waals surface area contributed by atoms with Crippen LogP contribution in [0.2, 0.25) is 0 Å². The summed E-state index contributed by atoms with van der Waals surface area (Å²) in [4.78, 5) is 16.8. The van der Waals surface area contributed by atoms with E-state index in [0.717, 1.165) is 25.9 Å². The minimum Gasteiger partial charge on any atom is -0.370 e. The summed E-state index contributed by atoms with van der Waals surface area (Å²) in [6.07, 6.45) is -2.29. The second-order valence-corrected chi connectivity index (χ2v) is 4.76. The Morgan fingerprint density at radius 2 is 2.21 bits per heavy atom. The third-order valence-corrected chi connectivity index (χ3v) is 2.85. The fraction of sp³-hybridized carbons (Fsp3) is 0.818. The Morgan fingerprint density at radius 3 is 2.79 bits per heavy atom. The van der Waals surface area contributed by atoms with E-state index in [4.69, 9.17) is 5.73 Å². The van der Waals surface area contributed by atoms with Crippen LogP contribution in [0.15, 0.2) is 4.99 Å². The Hall–Kier alpha value is -1.47. The highest BCUT2D eigenvalue weighted by Crippen LogP contribution is 2.15. The number of hydrogen-bond donors (Lipinski definition) is 2. The van der Waals surface area contributed by atoms with Crippen molar-refractivity contribution in [2.75, 3.05) is 26.2 Å². The zero-order chi connectivity index (χ0) is 14.5. The summed E-state index contributed by atoms with van der Waals surface area (Å²) >= 11 is 0. The molecule has 1 heterocycles. The molecule has 1 aliphatic rings. The molecular weight excluding hydrogens is 261 g/mol. The third kappa shape index (κ3) is 6.30. The molecule has 1 unspecified atom stereocenters. The van der Waals surface area contributed by atoms with Gasteiger partial charge in [0.2, 0.25) is 5.91 Å². The van der Waals surface area contributed by atoms with E-state index in [1.165, 1.54) is 0 Å². The molecule has 8 heteroatoms. The number of nitrogens with one attached hydrogen (secondary N) is 1. The predicted octanol–water partition coefficient (Wildman–Crippen LogP) is 0.711. The van der Waals surface area contributed by atoms with Gasteiger partial charge in [-0.05, 0) is 18.8 Å². The van der Waals surface area contributed by atoms with Crippen LogP contribution in [0.5, 0.6) is 0 Å². The lowest BCUT2D eigenvalue weighted by atomic mass is 10.0. The molecular formula is C11H19F3N4O. The number of aliphatic imine (C=N–C) groups is 1. The van der Waals surface area contributed by atoms with Crippen LogP contribution in [0.3, 0.4) is 0 Å². The number of likely N-dealkylation sites (tertiary alicyclic amines) is 1. The first-order chi connectivity index (χ1) is 8.78. The molecule has 0 aromatic heterocycles. The molecule has 0 aromatic carbocycles. The highest BCUT2D eigenvalue weighted by atomic mass is 19.4. The number of carbonyl (C=O) groups is 1. The maximum atomic E-state index is 11.9. The summed E-state index contributed by atoms with van der Waals surface area (Å²) in [6, 6.07) is 0. The Balaban J connectivity index is 2.36. The van der Waals surface area contributed by atoms with Gasteiger partial charge in [-0.25, -0.2) is 4.99 Å². The van der Waals surface area contributed by atoms with Crippen molar-refractivity contribution in [3.8, 4) is 0 Å². The summed E-state index contributed by atoms with van der Waals surface area (Å²) in [6.45, 7) is 1.90. The highest BCUT2D eigenvalue weighted by molar-refractivity contribution is 5.84. The van der Waals surface area contributed by atoms with Gasteiger partial charge in [0.1, 0.15) is 13.1 Å². The zero-order valence-electron chi connectivity index (χ0n) is 10.8. The maximum absolute atomic E-state index is 11.9. The maximum Gasteiger partial charge on any atom is 0.405 e. The van der Waals surface area contributed by atoms with E-state index in [-0.39, 0.29) is 12.5 Å². The number of nitrogens with two attached hydrogens (primary N) is 1. The summed E-state index contributed by atoms with van der Waals surface area (Å²) in [5.74, 6) is -0.0689. The first kappa shape index (κ1) is 15.6. The standard InChI is InChI=1S/C11H19F3N4O/c1-8-3-2-4-18(6-8)10(15)16-5-9(19)17-7-11(12,13)14/h8H,2-7H2,1H3,(H2,15,16)(H,17,19). The quantitative estimate of drug-likeness (QED) is 0.591. The van der Waals surface area contributed by atoms with Gasteiger partial charge in [0, 0.05) is 13.1 Å². The topological polar surface area (TPSA) is 70.7 Å². The first-order valence-electron chi connectivity index (χ1n) is 6.16. The van der Waals surface area contributed by atoms with Crippen molar-refractivity contribution < 1.29 is 18.0 Å². The average molecular weight is 280 g/mol. The Kier molecular flexibility index (Phi) is 5.44. The molecule has 0 radical (unpaired) electrons. The van der Waals surface area contributed by atoms with E-state index >= 15 is 0 Å². The molecule has 1 atom stereocenters. The average Bonchev–Trinajstić information content (AvgIpc) is 2.32. The second kappa shape index (κ2) is 6.63. The van der Waals surface area contributed by atoms with Crippen LogP contribution < -0.4 is 11.1 Å². The van der Waals surface area contributed by atoms with Crippen LogP contribution in [0.4, 0.5) is 13.2 Å². The van der Waals surface area contributed by atoms with Gasteiger partial charge < -0.3 is 16.0 Å². The van der Waals surface area contributed by atoms with Gasteiger partial charge >= 0.3 is 6.18 Å². The van der Waals surface area contributed by atoms with Crippen LogP contribution in [0.25, 0.3) is 0 Å². The largest absolute Gasteiger partial charge is 0.405 e. The number of piperidine rings is 1. The molecule has 5 nitrogen and oxygen atoms in total. The van der Waals surface area contributed by atoms with Crippen molar-refractivity contribution in [2.24, 2.45) is 16.6 Å². The van der Waals surface area contributed by atoms with Crippen LogP contribution in [-0.2, 0) is 4.79 Å². The number of amides is 1. The molecule has 0 bridgehead atoms. The van der Waals surface area contributed by atoms with Gasteiger partial charge in [0.15, 0.2) is 5.96 Å². The summed E-state index contributed by atoms with van der Waals surface area (Å²) < 4.78 is 35.6. The van der Waals surface area contributed by atoms with Gasteiger partial charge in [-0.2, -0.15) is 13.2 Å². The molecule has 0 spiro atoms. The fourth-order valence-electron chi connectivity index (χ4n) is 1.90. The molecule has 1 rings (SSSR count). The minimum absolute atomic E-state index is 0.216. The molecule has 1 amide bonds. The van der Waals surface area contributed by atoms with Gasteiger partial charge in [-0.15, -0.1) is 0 Å². The SMILES string of the molecule is CC1CCCN(C(N)=NCC(=O)NCC(F)(F)F)C1. The van der Waals surface area contributed by atoms with E-state index in [1.807, 2.05) is 4.90 Å². The van der Waals surface area contributed by atoms with Crippen LogP contribution in [0.1, 0.15) is 19.8 Å². The molecule has 0 saturated carbocycles. The monoisotopic (exact) mass is 280 g/mol. The summed E-state index contributed by atoms with van der Waals surface area (Å²) in [5, 5.41) is 1.74. The predicted molar refractivity (Wildman–Crippen MR) is 65.5 cm³/mol. The minimum atomic E-state index is -4.41. The zero-order valence-corrected chi connectivity index (χ0v) is 10.8. The van der Waals surface area contributed by atoms with Crippen molar-refractivity contribution in [1.29, 1.82) is 0 Å². The van der Waals surface area contributed by atoms with Crippen LogP contribution in [-0.4, -0.2) is 49.1 Å². The number of rotatable bonds is 3. The molecule has 19 heavy (non-hydrogen) atoms. The summed E-state index contributed by atoms with van der Waals surface area (Å²) in [5.41, 5.74) is 5.71. The van der Waals surface area contributed by atoms with Crippen LogP contribution >= 0.6 is 0 Å². The van der Waals surface area contributed by atoms with Crippen molar-refractivity contribution in [1.82, 2.24) is 10.2 Å². The van der Waals surface area contributed by atoms with E-state index in [2.05, 4.69) is 11.9 Å². The molecule has 0 aromatic rings. The Bertz CT molecular complexity index is 343. The third-order valence-electron chi connectivity index (χ3n) is 2.85. The smallest absolute Gasteiger partial charge is 0.370 e. The molecule has 3 N–H and O–H groups in total. The Labute approximate surface area is 110 Å². The van der Waals surface area contributed by atoms with E-state index in [9.17, 15) is 18.0 Å². The van der Waals surface area contributed by atoms with Crippen molar-refractivity contribution in [3.05, 3.63) is 0 Å². The molecule has 1 fully saturated rings. The van der Waals surface area contributed by atoms with Crippen molar-refractivity contribution in [2.45, 2.75) is 25.9 Å². The first-order valence-corrected chi connectivity index (χ1v) is 6.16. The normalized spacial score (nSPS) is 21.4. The number of hydrogen-bond acceptors (Lipinski definition) is 2. The van der Waals surface area contributed by atoms with Gasteiger partial charge in [-0.1, -0.05) is 6.92 Å². The Morgan fingerprint density at radius 1 is 1.53 bits per heavy atom. The second-order valence-electron chi connectivity index (χ2n) is 4.76. The van der Waals surface area contributed by atoms with E-state index in [0.29, 0.717) is 5.92 Å². The van der Waals surface area contributed by atoms with E-state index < -0.39 is 18.6 Å². The van der Waals surface area contributed by atoms with Gasteiger partial charge in [-0.3, -0.25) is 4.79 Å². The fourth-order valence-corrected chi connectivity index (χ4v) is 1.90. The number of halogens is 3. The van der Waals surface area contributed by atoms with Crippen molar-refractivity contribution >= 4 is 11.9 Å². The lowest BCUT2D eigenvalue weighted by Crippen LogP contribution is -2.44. The lowest BCUT2D eigenvalue weighted by molar-refractivity contribution is -0.137. The highest BCUT2D eigenvalue weighted by Gasteiger charge is 2.27. The van der Waals surface area contributed by atoms with Crippen LogP contribution in [0, 0.1) is 5.92 Å². The molecule has 0 aliphatic carbocycles. The van der Waals surface area contributed by atoms with Crippen molar-refractivity contribution in [3.63, 3.8) is 0 Å². The number of carbonyl (C=O) groups excluding carboxylic acids is 1. The number of alkyl halides is 3. The lowest BCUT2D eigenvalue weighted by Gasteiger charge is -2.31. The van der Waals surface area contributed by atoms with Gasteiger partial charge in [0.25, 0.3) is 0 Å². The van der Waals surface area contributed by atoms with Gasteiger partial charge in [0.05, 0.1) is 0 Å². The molecule has 1 aliphatic heterocycles. The number of guanidine groups is 1.